The van der Waals surface area contributed by atoms with E-state index in [2.05, 4.69) is 6.58 Å². The zero-order valence-corrected chi connectivity index (χ0v) is 15.0. The van der Waals surface area contributed by atoms with Crippen molar-refractivity contribution in [1.29, 1.82) is 0 Å². The van der Waals surface area contributed by atoms with Crippen LogP contribution in [0.15, 0.2) is 55.1 Å². The lowest BCUT2D eigenvalue weighted by Gasteiger charge is -2.09. The third-order valence-corrected chi connectivity index (χ3v) is 3.54. The first-order valence-electron chi connectivity index (χ1n) is 8.01. The molecule has 27 heavy (non-hydrogen) atoms. The molecule has 0 spiro atoms. The van der Waals surface area contributed by atoms with Crippen LogP contribution >= 0.6 is 0 Å². The van der Waals surface area contributed by atoms with Gasteiger partial charge in [0.25, 0.3) is 5.69 Å². The van der Waals surface area contributed by atoms with Crippen LogP contribution in [0.4, 0.5) is 5.69 Å². The molecule has 0 aliphatic carbocycles. The second-order valence-corrected chi connectivity index (χ2v) is 5.47. The van der Waals surface area contributed by atoms with Crippen LogP contribution in [-0.4, -0.2) is 24.6 Å². The van der Waals surface area contributed by atoms with Crippen molar-refractivity contribution in [2.75, 3.05) is 13.7 Å². The Morgan fingerprint density at radius 1 is 1.22 bits per heavy atom. The number of carbonyl (C=O) groups is 1. The molecule has 0 atom stereocenters. The van der Waals surface area contributed by atoms with Crippen molar-refractivity contribution in [1.82, 2.24) is 0 Å². The van der Waals surface area contributed by atoms with Crippen LogP contribution in [-0.2, 0) is 4.79 Å². The van der Waals surface area contributed by atoms with E-state index in [0.717, 1.165) is 5.56 Å². The fraction of sp³-hybridized carbons (Fsp3) is 0.150. The lowest BCUT2D eigenvalue weighted by Crippen LogP contribution is -2.04. The molecule has 0 heterocycles. The van der Waals surface area contributed by atoms with Gasteiger partial charge in [-0.3, -0.25) is 10.1 Å². The zero-order chi connectivity index (χ0) is 19.8. The van der Waals surface area contributed by atoms with Crippen molar-refractivity contribution >= 4 is 17.7 Å². The van der Waals surface area contributed by atoms with Gasteiger partial charge in [0.1, 0.15) is 12.4 Å². The maximum atomic E-state index is 12.0. The van der Waals surface area contributed by atoms with Gasteiger partial charge in [-0.1, -0.05) is 18.7 Å². The third-order valence-electron chi connectivity index (χ3n) is 3.54. The summed E-state index contributed by atoms with van der Waals surface area (Å²) in [4.78, 5) is 22.3. The molecule has 0 unspecified atom stereocenters. The Hall–Kier alpha value is -3.61. The first kappa shape index (κ1) is 19.7. The zero-order valence-electron chi connectivity index (χ0n) is 15.0. The Balaban J connectivity index is 2.07. The van der Waals surface area contributed by atoms with E-state index in [1.54, 1.807) is 37.3 Å². The fourth-order valence-electron chi connectivity index (χ4n) is 2.27. The van der Waals surface area contributed by atoms with Crippen LogP contribution in [0.2, 0.25) is 0 Å². The average Bonchev–Trinajstić information content (AvgIpc) is 2.64. The highest BCUT2D eigenvalue weighted by Gasteiger charge is 2.12. The summed E-state index contributed by atoms with van der Waals surface area (Å²) in [6.07, 6.45) is 4.46. The number of methoxy groups -OCH3 is 1. The van der Waals surface area contributed by atoms with E-state index in [0.29, 0.717) is 23.7 Å². The molecular formula is C20H19NO6. The molecule has 0 aliphatic rings. The van der Waals surface area contributed by atoms with Gasteiger partial charge in [-0.05, 0) is 42.8 Å². The monoisotopic (exact) mass is 369 g/mol. The predicted octanol–water partition coefficient (Wildman–Crippen LogP) is 4.10. The smallest absolute Gasteiger partial charge is 0.336 e. The average molecular weight is 369 g/mol. The van der Waals surface area contributed by atoms with Gasteiger partial charge in [0.15, 0.2) is 11.5 Å². The van der Waals surface area contributed by atoms with Gasteiger partial charge in [0.2, 0.25) is 0 Å². The number of aryl methyl sites for hydroxylation is 1. The van der Waals surface area contributed by atoms with E-state index in [9.17, 15) is 14.9 Å². The van der Waals surface area contributed by atoms with Crippen molar-refractivity contribution < 1.29 is 23.9 Å². The second-order valence-electron chi connectivity index (χ2n) is 5.47. The van der Waals surface area contributed by atoms with Gasteiger partial charge in [-0.25, -0.2) is 4.79 Å². The number of esters is 1. The number of benzene rings is 2. The molecule has 0 bridgehead atoms. The molecule has 7 nitrogen and oxygen atoms in total. The number of carbonyl (C=O) groups excluding carboxylic acids is 1. The molecular weight excluding hydrogens is 350 g/mol. The highest BCUT2D eigenvalue weighted by Crippen LogP contribution is 2.28. The van der Waals surface area contributed by atoms with Gasteiger partial charge in [-0.2, -0.15) is 0 Å². The maximum Gasteiger partial charge on any atom is 0.336 e. The molecule has 2 aromatic rings. The van der Waals surface area contributed by atoms with E-state index in [-0.39, 0.29) is 11.4 Å². The standard InChI is InChI=1S/C20H19NO6/c1-4-11-26-18-9-5-15(13-19(18)25-3)6-10-20(22)27-16-7-8-17(21(23)24)14(2)12-16/h4-10,12-13H,1,11H2,2-3H3/b10-6+. The second kappa shape index (κ2) is 9.19. The molecule has 2 rings (SSSR count). The molecule has 2 aromatic carbocycles. The number of nitrogens with zero attached hydrogens (tertiary/aromatic N) is 1. The van der Waals surface area contributed by atoms with Crippen LogP contribution in [0.1, 0.15) is 11.1 Å². The minimum absolute atomic E-state index is 0.0313. The van der Waals surface area contributed by atoms with E-state index in [1.807, 2.05) is 0 Å². The van der Waals surface area contributed by atoms with Crippen molar-refractivity contribution in [2.24, 2.45) is 0 Å². The Bertz CT molecular complexity index is 888. The van der Waals surface area contributed by atoms with Crippen LogP contribution in [0.25, 0.3) is 6.08 Å². The molecule has 0 aliphatic heterocycles. The van der Waals surface area contributed by atoms with E-state index in [1.165, 1.54) is 31.4 Å². The van der Waals surface area contributed by atoms with Gasteiger partial charge in [0, 0.05) is 17.7 Å². The molecule has 0 radical (unpaired) electrons. The Morgan fingerprint density at radius 3 is 2.63 bits per heavy atom. The molecule has 7 heteroatoms. The van der Waals surface area contributed by atoms with E-state index >= 15 is 0 Å². The van der Waals surface area contributed by atoms with Gasteiger partial charge in [-0.15, -0.1) is 0 Å². The van der Waals surface area contributed by atoms with Crippen molar-refractivity contribution in [3.8, 4) is 17.2 Å². The summed E-state index contributed by atoms with van der Waals surface area (Å²) in [5, 5.41) is 10.8. The summed E-state index contributed by atoms with van der Waals surface area (Å²) in [5.74, 6) is 0.726. The summed E-state index contributed by atoms with van der Waals surface area (Å²) >= 11 is 0. The maximum absolute atomic E-state index is 12.0. The Morgan fingerprint density at radius 2 is 2.00 bits per heavy atom. The molecule has 0 saturated carbocycles. The quantitative estimate of drug-likeness (QED) is 0.174. The van der Waals surface area contributed by atoms with E-state index < -0.39 is 10.9 Å². The van der Waals surface area contributed by atoms with Crippen LogP contribution in [0.3, 0.4) is 0 Å². The minimum atomic E-state index is -0.603. The summed E-state index contributed by atoms with van der Waals surface area (Å²) < 4.78 is 15.9. The van der Waals surface area contributed by atoms with Gasteiger partial charge in [0.05, 0.1) is 12.0 Å². The third kappa shape index (κ3) is 5.43. The first-order valence-corrected chi connectivity index (χ1v) is 8.01. The molecule has 0 amide bonds. The Labute approximate surface area is 156 Å². The number of nitro benzene ring substituents is 1. The lowest BCUT2D eigenvalue weighted by molar-refractivity contribution is -0.385. The number of hydrogen-bond acceptors (Lipinski definition) is 6. The van der Waals surface area contributed by atoms with Gasteiger partial charge >= 0.3 is 5.97 Å². The molecule has 0 fully saturated rings. The molecule has 0 saturated heterocycles. The van der Waals surface area contributed by atoms with E-state index in [4.69, 9.17) is 14.2 Å². The summed E-state index contributed by atoms with van der Waals surface area (Å²) in [5.41, 5.74) is 1.10. The number of rotatable bonds is 8. The molecule has 0 N–H and O–H groups in total. The molecule has 0 aromatic heterocycles. The largest absolute Gasteiger partial charge is 0.493 e. The minimum Gasteiger partial charge on any atom is -0.493 e. The Kier molecular flexibility index (Phi) is 6.71. The van der Waals surface area contributed by atoms with Crippen molar-refractivity contribution in [2.45, 2.75) is 6.92 Å². The van der Waals surface area contributed by atoms with Crippen LogP contribution in [0, 0.1) is 17.0 Å². The number of ether oxygens (including phenoxy) is 3. The van der Waals surface area contributed by atoms with Crippen LogP contribution in [0.5, 0.6) is 17.2 Å². The lowest BCUT2D eigenvalue weighted by atomic mass is 10.2. The number of hydrogen-bond donors (Lipinski definition) is 0. The highest BCUT2D eigenvalue weighted by molar-refractivity contribution is 5.88. The predicted molar refractivity (Wildman–Crippen MR) is 101 cm³/mol. The topological polar surface area (TPSA) is 87.9 Å². The van der Waals surface area contributed by atoms with Gasteiger partial charge < -0.3 is 14.2 Å². The highest BCUT2D eigenvalue weighted by atomic mass is 16.6. The SMILES string of the molecule is C=CCOc1ccc(/C=C/C(=O)Oc2ccc([N+](=O)[O-])c(C)c2)cc1OC. The first-order chi connectivity index (χ1) is 12.9. The summed E-state index contributed by atoms with van der Waals surface area (Å²) in [6, 6.07) is 9.34. The number of nitro groups is 1. The summed E-state index contributed by atoms with van der Waals surface area (Å²) in [6.45, 7) is 5.52. The van der Waals surface area contributed by atoms with Crippen molar-refractivity contribution in [3.05, 3.63) is 76.4 Å². The fourth-order valence-corrected chi connectivity index (χ4v) is 2.27. The molecule has 140 valence electrons. The van der Waals surface area contributed by atoms with Crippen LogP contribution < -0.4 is 14.2 Å². The van der Waals surface area contributed by atoms with Crippen molar-refractivity contribution in [3.63, 3.8) is 0 Å². The summed E-state index contributed by atoms with van der Waals surface area (Å²) in [7, 11) is 1.52. The normalized spacial score (nSPS) is 10.4.